The van der Waals surface area contributed by atoms with E-state index >= 15 is 0 Å². The van der Waals surface area contributed by atoms with Gasteiger partial charge in [-0.05, 0) is 63.6 Å². The van der Waals surface area contributed by atoms with Crippen LogP contribution in [0.15, 0.2) is 30.9 Å². The van der Waals surface area contributed by atoms with Crippen LogP contribution in [0, 0.1) is 13.8 Å². The first kappa shape index (κ1) is 18.0. The van der Waals surface area contributed by atoms with E-state index in [0.29, 0.717) is 6.04 Å². The molecule has 0 aromatic heterocycles. The first-order chi connectivity index (χ1) is 10.2. The molecule has 0 radical (unpaired) electrons. The van der Waals surface area contributed by atoms with Crippen LogP contribution in [0.3, 0.4) is 0 Å². The third-order valence-electron chi connectivity index (χ3n) is 4.11. The van der Waals surface area contributed by atoms with E-state index in [9.17, 15) is 0 Å². The summed E-state index contributed by atoms with van der Waals surface area (Å²) >= 11 is 0. The van der Waals surface area contributed by atoms with Crippen molar-refractivity contribution in [2.45, 2.75) is 71.8 Å². The summed E-state index contributed by atoms with van der Waals surface area (Å²) in [6.45, 7) is 11.6. The quantitative estimate of drug-likeness (QED) is 0.427. The van der Waals surface area contributed by atoms with Crippen LogP contribution in [-0.4, -0.2) is 12.6 Å². The molecule has 1 rings (SSSR count). The van der Waals surface area contributed by atoms with Gasteiger partial charge in [-0.2, -0.15) is 0 Å². The van der Waals surface area contributed by atoms with E-state index in [-0.39, 0.29) is 0 Å². The summed E-state index contributed by atoms with van der Waals surface area (Å²) in [6.07, 6.45) is 10.8. The molecule has 1 aromatic carbocycles. The highest BCUT2D eigenvalue weighted by atomic mass is 14.9. The molecule has 1 heteroatoms. The maximum atomic E-state index is 3.80. The number of benzene rings is 1. The normalized spacial score (nSPS) is 12.3. The van der Waals surface area contributed by atoms with Gasteiger partial charge in [-0.3, -0.25) is 0 Å². The average molecular weight is 287 g/mol. The van der Waals surface area contributed by atoms with E-state index in [1.54, 1.807) is 0 Å². The maximum Gasteiger partial charge on any atom is 0.0108 e. The Hall–Kier alpha value is -1.08. The van der Waals surface area contributed by atoms with Crippen molar-refractivity contribution < 1.29 is 0 Å². The van der Waals surface area contributed by atoms with Gasteiger partial charge in [0, 0.05) is 6.04 Å². The van der Waals surface area contributed by atoms with Crippen LogP contribution in [0.5, 0.6) is 0 Å². The van der Waals surface area contributed by atoms with Crippen molar-refractivity contribution >= 4 is 0 Å². The van der Waals surface area contributed by atoms with Gasteiger partial charge in [0.1, 0.15) is 0 Å². The average Bonchev–Trinajstić information content (AvgIpc) is 2.47. The summed E-state index contributed by atoms with van der Waals surface area (Å²) in [6, 6.07) is 7.44. The molecular formula is C20H33N. The lowest BCUT2D eigenvalue weighted by Gasteiger charge is -2.20. The summed E-state index contributed by atoms with van der Waals surface area (Å²) in [5.41, 5.74) is 4.31. The van der Waals surface area contributed by atoms with E-state index in [0.717, 1.165) is 19.4 Å². The first-order valence-corrected chi connectivity index (χ1v) is 8.57. The number of aryl methyl sites for hydroxylation is 2. The van der Waals surface area contributed by atoms with Gasteiger partial charge in [0.25, 0.3) is 0 Å². The second-order valence-electron chi connectivity index (χ2n) is 6.21. The topological polar surface area (TPSA) is 12.0 Å². The molecule has 118 valence electrons. The number of hydrogen-bond donors (Lipinski definition) is 1. The van der Waals surface area contributed by atoms with E-state index in [4.69, 9.17) is 0 Å². The maximum absolute atomic E-state index is 3.80. The lowest BCUT2D eigenvalue weighted by atomic mass is 9.95. The fraction of sp³-hybridized carbons (Fsp3) is 0.600. The minimum absolute atomic E-state index is 0.620. The van der Waals surface area contributed by atoms with Crippen LogP contribution in [0.1, 0.15) is 62.1 Å². The van der Waals surface area contributed by atoms with E-state index < -0.39 is 0 Å². The van der Waals surface area contributed by atoms with Gasteiger partial charge in [0.15, 0.2) is 0 Å². The fourth-order valence-corrected chi connectivity index (χ4v) is 2.77. The highest BCUT2D eigenvalue weighted by molar-refractivity contribution is 5.31. The zero-order valence-corrected chi connectivity index (χ0v) is 14.3. The molecule has 0 heterocycles. The molecule has 0 fully saturated rings. The number of hydrogen-bond acceptors (Lipinski definition) is 1. The highest BCUT2D eigenvalue weighted by Gasteiger charge is 2.10. The predicted molar refractivity (Wildman–Crippen MR) is 95.0 cm³/mol. The minimum Gasteiger partial charge on any atom is -0.314 e. The van der Waals surface area contributed by atoms with Crippen LogP contribution in [0.2, 0.25) is 0 Å². The number of rotatable bonds is 11. The number of allylic oxidation sites excluding steroid dienone is 1. The van der Waals surface area contributed by atoms with Crippen LogP contribution in [0.25, 0.3) is 0 Å². The largest absolute Gasteiger partial charge is 0.314 e. The summed E-state index contributed by atoms with van der Waals surface area (Å²) in [5.74, 6) is 0. The van der Waals surface area contributed by atoms with Gasteiger partial charge in [0.05, 0.1) is 0 Å². The third-order valence-corrected chi connectivity index (χ3v) is 4.11. The van der Waals surface area contributed by atoms with Crippen LogP contribution in [0.4, 0.5) is 0 Å². The van der Waals surface area contributed by atoms with Gasteiger partial charge in [-0.1, -0.05) is 49.6 Å². The molecule has 1 atom stereocenters. The van der Waals surface area contributed by atoms with Crippen molar-refractivity contribution in [1.82, 2.24) is 5.32 Å². The fourth-order valence-electron chi connectivity index (χ4n) is 2.77. The summed E-state index contributed by atoms with van der Waals surface area (Å²) < 4.78 is 0. The van der Waals surface area contributed by atoms with Gasteiger partial charge >= 0.3 is 0 Å². The molecule has 0 amide bonds. The summed E-state index contributed by atoms with van der Waals surface area (Å²) in [4.78, 5) is 0. The van der Waals surface area contributed by atoms with Crippen molar-refractivity contribution in [1.29, 1.82) is 0 Å². The molecule has 1 aromatic rings. The molecular weight excluding hydrogens is 254 g/mol. The number of nitrogens with one attached hydrogen (secondary N) is 1. The van der Waals surface area contributed by atoms with Crippen molar-refractivity contribution in [3.63, 3.8) is 0 Å². The third kappa shape index (κ3) is 7.47. The predicted octanol–water partition coefficient (Wildman–Crippen LogP) is 5.35. The zero-order chi connectivity index (χ0) is 15.5. The van der Waals surface area contributed by atoms with E-state index in [1.807, 2.05) is 6.08 Å². The Bertz CT molecular complexity index is 408. The zero-order valence-electron chi connectivity index (χ0n) is 14.3. The van der Waals surface area contributed by atoms with Crippen molar-refractivity contribution in [2.75, 3.05) is 6.54 Å². The molecule has 21 heavy (non-hydrogen) atoms. The Kier molecular flexibility index (Phi) is 9.09. The van der Waals surface area contributed by atoms with Crippen LogP contribution in [-0.2, 0) is 6.42 Å². The Morgan fingerprint density at radius 3 is 2.71 bits per heavy atom. The molecule has 0 saturated heterocycles. The molecule has 0 spiro atoms. The Morgan fingerprint density at radius 1 is 1.19 bits per heavy atom. The minimum atomic E-state index is 0.620. The second-order valence-corrected chi connectivity index (χ2v) is 6.21. The summed E-state index contributed by atoms with van der Waals surface area (Å²) in [7, 11) is 0. The second kappa shape index (κ2) is 10.6. The molecule has 0 aliphatic heterocycles. The molecule has 0 aliphatic carbocycles. The van der Waals surface area contributed by atoms with Crippen molar-refractivity contribution in [2.24, 2.45) is 0 Å². The van der Waals surface area contributed by atoms with Gasteiger partial charge in [-0.15, -0.1) is 6.58 Å². The molecule has 1 unspecified atom stereocenters. The Morgan fingerprint density at radius 2 is 2.00 bits per heavy atom. The summed E-state index contributed by atoms with van der Waals surface area (Å²) in [5, 5.41) is 3.74. The monoisotopic (exact) mass is 287 g/mol. The smallest absolute Gasteiger partial charge is 0.0108 e. The van der Waals surface area contributed by atoms with Crippen LogP contribution >= 0.6 is 0 Å². The Balaban J connectivity index is 2.51. The van der Waals surface area contributed by atoms with Gasteiger partial charge in [-0.25, -0.2) is 0 Å². The van der Waals surface area contributed by atoms with E-state index in [2.05, 4.69) is 50.9 Å². The lowest BCUT2D eigenvalue weighted by molar-refractivity contribution is 0.454. The molecule has 0 saturated carbocycles. The first-order valence-electron chi connectivity index (χ1n) is 8.57. The van der Waals surface area contributed by atoms with E-state index in [1.165, 1.54) is 48.8 Å². The lowest BCUT2D eigenvalue weighted by Crippen LogP contribution is -2.32. The Labute approximate surface area is 131 Å². The molecule has 0 bridgehead atoms. The molecule has 0 aliphatic rings. The standard InChI is InChI=1S/C20H33N/c1-5-7-8-9-10-11-20(21-14-6-2)16-19-15-17(3)12-13-18(19)4/h5,12-13,15,20-21H,1,6-11,14,16H2,2-4H3. The number of unbranched alkanes of at least 4 members (excludes halogenated alkanes) is 3. The molecule has 1 nitrogen and oxygen atoms in total. The van der Waals surface area contributed by atoms with Crippen molar-refractivity contribution in [3.05, 3.63) is 47.5 Å². The van der Waals surface area contributed by atoms with Crippen molar-refractivity contribution in [3.8, 4) is 0 Å². The highest BCUT2D eigenvalue weighted by Crippen LogP contribution is 2.16. The van der Waals surface area contributed by atoms with Gasteiger partial charge in [0.2, 0.25) is 0 Å². The van der Waals surface area contributed by atoms with Crippen LogP contribution < -0.4 is 5.32 Å². The SMILES string of the molecule is C=CCCCCCC(Cc1cc(C)ccc1C)NCCC. The van der Waals surface area contributed by atoms with Gasteiger partial charge < -0.3 is 5.32 Å². The molecule has 1 N–H and O–H groups in total.